The summed E-state index contributed by atoms with van der Waals surface area (Å²) in [5.41, 5.74) is -0.780. The van der Waals surface area contributed by atoms with Crippen molar-refractivity contribution < 1.29 is 29.3 Å². The van der Waals surface area contributed by atoms with E-state index in [1.165, 1.54) is 6.39 Å². The van der Waals surface area contributed by atoms with Crippen molar-refractivity contribution in [2.24, 2.45) is 0 Å². The molecule has 8 heteroatoms. The summed E-state index contributed by atoms with van der Waals surface area (Å²) in [5, 5.41) is 35.2. The highest BCUT2D eigenvalue weighted by Gasteiger charge is 2.31. The molecule has 1 heterocycles. The fourth-order valence-electron chi connectivity index (χ4n) is 1.03. The predicted molar refractivity (Wildman–Crippen MR) is 77.4 cm³/mol. The first kappa shape index (κ1) is 17.4. The minimum Gasteiger partial charge on any atom is -0.512 e. The summed E-state index contributed by atoms with van der Waals surface area (Å²) < 4.78 is 9.61. The van der Waals surface area contributed by atoms with E-state index in [-0.39, 0.29) is 0 Å². The summed E-state index contributed by atoms with van der Waals surface area (Å²) >= 11 is 0. The van der Waals surface area contributed by atoms with Crippen molar-refractivity contribution in [3.05, 3.63) is 24.6 Å². The van der Waals surface area contributed by atoms with Gasteiger partial charge < -0.3 is 29.3 Å². The van der Waals surface area contributed by atoms with E-state index in [1.54, 1.807) is 45.9 Å². The molecule has 0 radical (unpaired) electrons. The van der Waals surface area contributed by atoms with Gasteiger partial charge in [-0.25, -0.2) is 4.98 Å². The second kappa shape index (κ2) is 6.44. The number of fused-ring (bicyclic) bond motifs is 1. The highest BCUT2D eigenvalue weighted by molar-refractivity contribution is 6.33. The number of hydrogen-bond donors (Lipinski definition) is 4. The molecule has 0 bridgehead atoms. The first-order valence-corrected chi connectivity index (χ1v) is 6.31. The molecule has 1 aromatic heterocycles. The smallest absolute Gasteiger partial charge is 0.512 e. The van der Waals surface area contributed by atoms with Gasteiger partial charge in [0.25, 0.3) is 0 Å². The largest absolute Gasteiger partial charge is 0.707 e. The molecule has 0 atom stereocenters. The lowest BCUT2D eigenvalue weighted by molar-refractivity contribution is -0.107. The fraction of sp³-hybridized carbons (Fsp3) is 0.462. The van der Waals surface area contributed by atoms with Gasteiger partial charge in [-0.3, -0.25) is 0 Å². The summed E-state index contributed by atoms with van der Waals surface area (Å²) in [7, 11) is -1.82. The maximum atomic E-state index is 9.10. The van der Waals surface area contributed by atoms with Crippen LogP contribution in [-0.2, 0) is 0 Å². The van der Waals surface area contributed by atoms with Crippen molar-refractivity contribution in [1.29, 1.82) is 0 Å². The van der Waals surface area contributed by atoms with Gasteiger partial charge >= 0.3 is 7.32 Å². The molecule has 0 saturated carbocycles. The molecule has 0 unspecified atom stereocenters. The molecular formula is C13H20BNO6. The average molecular weight is 297 g/mol. The van der Waals surface area contributed by atoms with Crippen LogP contribution in [0.1, 0.15) is 27.7 Å². The number of aromatic nitrogens is 1. The molecule has 0 saturated heterocycles. The maximum absolute atomic E-state index is 9.10. The van der Waals surface area contributed by atoms with Crippen LogP contribution < -0.4 is 4.65 Å². The summed E-state index contributed by atoms with van der Waals surface area (Å²) in [6, 6.07) is 4.76. The Balaban J connectivity index is 0.000000240. The van der Waals surface area contributed by atoms with E-state index in [0.717, 1.165) is 0 Å². The van der Waals surface area contributed by atoms with Crippen molar-refractivity contribution in [3.8, 4) is 5.75 Å². The maximum Gasteiger partial charge on any atom is 0.707 e. The van der Waals surface area contributed by atoms with Crippen molar-refractivity contribution in [2.45, 2.75) is 38.9 Å². The Hall–Kier alpha value is -1.61. The molecule has 0 amide bonds. The van der Waals surface area contributed by atoms with E-state index in [4.69, 9.17) is 24.7 Å². The lowest BCUT2D eigenvalue weighted by atomic mass is 9.90. The Morgan fingerprint density at radius 3 is 2.14 bits per heavy atom. The van der Waals surface area contributed by atoms with Gasteiger partial charge in [-0.15, -0.1) is 0 Å². The molecule has 0 aliphatic rings. The second-order valence-electron chi connectivity index (χ2n) is 5.54. The summed E-state index contributed by atoms with van der Waals surface area (Å²) in [6.07, 6.45) is 1.31. The summed E-state index contributed by atoms with van der Waals surface area (Å²) in [6.45, 7) is 6.31. The highest BCUT2D eigenvalue weighted by atomic mass is 16.6. The van der Waals surface area contributed by atoms with Crippen molar-refractivity contribution in [2.75, 3.05) is 0 Å². The van der Waals surface area contributed by atoms with Crippen LogP contribution in [0.3, 0.4) is 0 Å². The Kier molecular flexibility index (Phi) is 5.35. The van der Waals surface area contributed by atoms with Gasteiger partial charge in [-0.2, -0.15) is 0 Å². The van der Waals surface area contributed by atoms with Crippen molar-refractivity contribution in [1.82, 2.24) is 4.98 Å². The van der Waals surface area contributed by atoms with Gasteiger partial charge in [-0.05, 0) is 39.8 Å². The second-order valence-corrected chi connectivity index (χ2v) is 5.54. The number of hydrogen-bond acceptors (Lipinski definition) is 7. The first-order chi connectivity index (χ1) is 9.50. The van der Waals surface area contributed by atoms with Crippen LogP contribution in [0.2, 0.25) is 0 Å². The SMILES string of the molecule is CC(C)(O)C(C)(C)O.OB(O)Oc1ccc2ocnc2c1. The molecule has 0 spiro atoms. The Bertz CT molecular complexity index is 558. The summed E-state index contributed by atoms with van der Waals surface area (Å²) in [4.78, 5) is 3.88. The van der Waals surface area contributed by atoms with Crippen LogP contribution in [-0.4, -0.2) is 43.8 Å². The van der Waals surface area contributed by atoms with Crippen LogP contribution in [0, 0.1) is 0 Å². The van der Waals surface area contributed by atoms with Crippen LogP contribution in [0.25, 0.3) is 11.1 Å². The molecular weight excluding hydrogens is 277 g/mol. The van der Waals surface area contributed by atoms with E-state index < -0.39 is 18.5 Å². The Morgan fingerprint density at radius 2 is 1.67 bits per heavy atom. The van der Waals surface area contributed by atoms with Gasteiger partial charge in [-0.1, -0.05) is 0 Å². The average Bonchev–Trinajstić information content (AvgIpc) is 2.73. The standard InChI is InChI=1S/C7H6BNO4.C6H14O2/c10-8(11)13-5-1-2-7-6(3-5)9-4-12-7;1-5(2,7)6(3,4)8/h1-4,10-11H;7-8H,1-4H3. The van der Waals surface area contributed by atoms with Crippen LogP contribution >= 0.6 is 0 Å². The zero-order valence-electron chi connectivity index (χ0n) is 12.4. The molecule has 4 N–H and O–H groups in total. The first-order valence-electron chi connectivity index (χ1n) is 6.31. The zero-order chi connectivity index (χ0) is 16.3. The Labute approximate surface area is 123 Å². The van der Waals surface area contributed by atoms with E-state index in [9.17, 15) is 0 Å². The van der Waals surface area contributed by atoms with Gasteiger partial charge in [0, 0.05) is 6.07 Å². The predicted octanol–water partition coefficient (Wildman–Crippen LogP) is 0.704. The van der Waals surface area contributed by atoms with E-state index in [2.05, 4.69) is 9.64 Å². The molecule has 7 nitrogen and oxygen atoms in total. The van der Waals surface area contributed by atoms with Crippen molar-refractivity contribution in [3.63, 3.8) is 0 Å². The van der Waals surface area contributed by atoms with Gasteiger partial charge in [0.05, 0.1) is 11.2 Å². The number of benzene rings is 1. The Morgan fingerprint density at radius 1 is 1.10 bits per heavy atom. The lowest BCUT2D eigenvalue weighted by Gasteiger charge is -2.31. The third-order valence-electron chi connectivity index (χ3n) is 3.04. The highest BCUT2D eigenvalue weighted by Crippen LogP contribution is 2.19. The summed E-state index contributed by atoms with van der Waals surface area (Å²) in [5.74, 6) is 0.330. The topological polar surface area (TPSA) is 116 Å². The van der Waals surface area contributed by atoms with E-state index in [1.807, 2.05) is 0 Å². The third-order valence-corrected chi connectivity index (χ3v) is 3.04. The third kappa shape index (κ3) is 5.35. The molecule has 0 fully saturated rings. The van der Waals surface area contributed by atoms with Gasteiger partial charge in [0.2, 0.25) is 0 Å². The molecule has 2 aromatic rings. The zero-order valence-corrected chi connectivity index (χ0v) is 12.4. The van der Waals surface area contributed by atoms with Gasteiger partial charge in [0.1, 0.15) is 11.3 Å². The van der Waals surface area contributed by atoms with E-state index in [0.29, 0.717) is 16.8 Å². The van der Waals surface area contributed by atoms with Gasteiger partial charge in [0.15, 0.2) is 12.0 Å². The minimum atomic E-state index is -1.82. The van der Waals surface area contributed by atoms with Crippen molar-refractivity contribution >= 4 is 18.4 Å². The quantitative estimate of drug-likeness (QED) is 0.616. The normalized spacial score (nSPS) is 11.8. The molecule has 1 aromatic carbocycles. The molecule has 116 valence electrons. The molecule has 2 rings (SSSR count). The lowest BCUT2D eigenvalue weighted by Crippen LogP contribution is -2.44. The monoisotopic (exact) mass is 297 g/mol. The van der Waals surface area contributed by atoms with Crippen LogP contribution in [0.15, 0.2) is 29.0 Å². The van der Waals surface area contributed by atoms with Crippen LogP contribution in [0.4, 0.5) is 0 Å². The number of aliphatic hydroxyl groups is 2. The van der Waals surface area contributed by atoms with Crippen LogP contribution in [0.5, 0.6) is 5.75 Å². The molecule has 0 aliphatic carbocycles. The van der Waals surface area contributed by atoms with E-state index >= 15 is 0 Å². The molecule has 21 heavy (non-hydrogen) atoms. The fourth-order valence-corrected chi connectivity index (χ4v) is 1.03. The molecule has 0 aliphatic heterocycles. The number of oxazole rings is 1. The minimum absolute atomic E-state index is 0.330. The number of nitrogens with zero attached hydrogens (tertiary/aromatic N) is 1. The number of rotatable bonds is 3.